The van der Waals surface area contributed by atoms with Gasteiger partial charge < -0.3 is 19.9 Å². The molecule has 0 atom stereocenters. The molecule has 65 heavy (non-hydrogen) atoms. The molecule has 4 nitrogen and oxygen atoms in total. The van der Waals surface area contributed by atoms with Crippen LogP contribution in [0.3, 0.4) is 0 Å². The number of halogens is 5. The van der Waals surface area contributed by atoms with Crippen molar-refractivity contribution in [1.29, 1.82) is 0 Å². The summed E-state index contributed by atoms with van der Waals surface area (Å²) >= 11 is 0. The van der Waals surface area contributed by atoms with Crippen LogP contribution in [-0.2, 0) is 5.41 Å². The fraction of sp³-hybridized carbons (Fsp3) is 0.107. The van der Waals surface area contributed by atoms with Crippen LogP contribution in [0.2, 0.25) is 0 Å². The maximum Gasteiger partial charge on any atom is 0.200 e. The van der Waals surface area contributed by atoms with Gasteiger partial charge in [-0.15, -0.1) is 19.7 Å². The number of hydrogen-bond acceptors (Lipinski definition) is 0. The van der Waals surface area contributed by atoms with E-state index in [1.165, 1.54) is 0 Å². The average molecular weight is 869 g/mol. The van der Waals surface area contributed by atoms with Crippen molar-refractivity contribution < 1.29 is 22.0 Å². The molecule has 1 aliphatic heterocycles. The predicted octanol–water partition coefficient (Wildman–Crippen LogP) is 10.6. The first kappa shape index (κ1) is 42.6. The molecule has 9 heteroatoms. The van der Waals surface area contributed by atoms with Crippen molar-refractivity contribution in [2.45, 2.75) is 38.5 Å². The van der Waals surface area contributed by atoms with Gasteiger partial charge in [0.1, 0.15) is 0 Å². The lowest BCUT2D eigenvalue weighted by Gasteiger charge is -2.32. The van der Waals surface area contributed by atoms with Crippen molar-refractivity contribution in [3.05, 3.63) is 271 Å². The highest BCUT2D eigenvalue weighted by atomic mass is 19.2. The van der Waals surface area contributed by atoms with Crippen molar-refractivity contribution in [3.63, 3.8) is 0 Å². The Labute approximate surface area is 373 Å². The molecule has 8 bridgehead atoms. The zero-order chi connectivity index (χ0) is 45.6. The van der Waals surface area contributed by atoms with Gasteiger partial charge in [0.15, 0.2) is 23.3 Å². The van der Waals surface area contributed by atoms with Crippen molar-refractivity contribution in [3.8, 4) is 0 Å². The first-order chi connectivity index (χ1) is 31.4. The molecule has 0 fully saturated rings. The summed E-state index contributed by atoms with van der Waals surface area (Å²) in [6.07, 6.45) is 8.08. The van der Waals surface area contributed by atoms with Gasteiger partial charge in [0.25, 0.3) is 0 Å². The molecule has 0 aliphatic carbocycles. The summed E-state index contributed by atoms with van der Waals surface area (Å²) in [5.41, 5.74) is 8.69. The second-order valence-electron chi connectivity index (χ2n) is 16.7. The number of rotatable bonds is 11. The van der Waals surface area contributed by atoms with Crippen LogP contribution in [0.4, 0.5) is 22.0 Å². The van der Waals surface area contributed by atoms with Gasteiger partial charge in [-0.3, -0.25) is 0 Å². The van der Waals surface area contributed by atoms with Gasteiger partial charge in [-0.05, 0) is 104 Å². The number of H-pyrrole nitrogens is 4. The lowest BCUT2D eigenvalue weighted by molar-refractivity contribution is 0.376. The Bertz CT molecular complexity index is 3360. The Morgan fingerprint density at radius 3 is 1.05 bits per heavy atom. The standard InChI is InChI=1S/C56H45F5N4/c1-6-29-56(30-7-2,31-8-3)37-19-17-36(18-20-37)48-40-23-21-38(62-40)46(34-13-9-32(4)10-14-34)42-25-27-44(64-42)49(50-51(57)53(59)55(61)54(60)52(50)58)45-28-26-43(65-45)47(39-22-24-41(48)63-39)35-15-11-33(5)12-16-35/h6-28,62-65H,1-3,29-31H2,4-5H3. The van der Waals surface area contributed by atoms with E-state index in [1.807, 2.05) is 105 Å². The Morgan fingerprint density at radius 1 is 0.385 bits per heavy atom. The third kappa shape index (κ3) is 7.56. The van der Waals surface area contributed by atoms with Crippen molar-refractivity contribution in [2.75, 3.05) is 0 Å². The van der Waals surface area contributed by atoms with Crippen LogP contribution >= 0.6 is 0 Å². The minimum Gasteiger partial charge on any atom is -0.354 e. The van der Waals surface area contributed by atoms with Crippen LogP contribution in [0.1, 0.15) is 81.0 Å². The minimum atomic E-state index is -2.24. The van der Waals surface area contributed by atoms with Crippen molar-refractivity contribution in [1.82, 2.24) is 19.9 Å². The summed E-state index contributed by atoms with van der Waals surface area (Å²) in [4.78, 5) is 14.1. The molecule has 324 valence electrons. The average Bonchev–Trinajstić information content (AvgIpc) is 4.16. The van der Waals surface area contributed by atoms with Crippen LogP contribution in [0.25, 0.3) is 22.3 Å². The van der Waals surface area contributed by atoms with Crippen LogP contribution < -0.4 is 21.4 Å². The van der Waals surface area contributed by atoms with Crippen LogP contribution in [-0.4, -0.2) is 19.9 Å². The SMILES string of the molecule is C=CCC(CC=C)(CC=C)c1ccc(C2=c3ccc([nH]3)=C(c3ccc(C)cc3)c3ccc([nH]3)C(c3c(F)c(F)c(F)c(F)c3F)=c3ccc([nH]3)=C(c3ccc(C)cc3)c3ccc2[nH]3)cc1. The first-order valence-electron chi connectivity index (χ1n) is 21.3. The molecule has 0 saturated heterocycles. The Kier molecular flexibility index (Phi) is 11.2. The highest BCUT2D eigenvalue weighted by Crippen LogP contribution is 2.38. The van der Waals surface area contributed by atoms with E-state index >= 15 is 17.6 Å². The number of fused-ring (bicyclic) bond motifs is 8. The molecule has 5 heterocycles. The van der Waals surface area contributed by atoms with E-state index < -0.39 is 34.6 Å². The van der Waals surface area contributed by atoms with Gasteiger partial charge in [-0.25, -0.2) is 22.0 Å². The smallest absolute Gasteiger partial charge is 0.200 e. The Hall–Kier alpha value is -7.65. The zero-order valence-electron chi connectivity index (χ0n) is 35.9. The minimum absolute atomic E-state index is 0.118. The largest absolute Gasteiger partial charge is 0.354 e. The van der Waals surface area contributed by atoms with E-state index in [1.54, 1.807) is 24.3 Å². The lowest BCUT2D eigenvalue weighted by Crippen LogP contribution is -2.24. The molecule has 0 amide bonds. The molecule has 4 aromatic carbocycles. The van der Waals surface area contributed by atoms with Gasteiger partial charge in [0, 0.05) is 71.9 Å². The van der Waals surface area contributed by atoms with Crippen molar-refractivity contribution in [2.24, 2.45) is 0 Å². The topological polar surface area (TPSA) is 63.2 Å². The molecule has 0 radical (unpaired) electrons. The Morgan fingerprint density at radius 2 is 0.692 bits per heavy atom. The van der Waals surface area contributed by atoms with Crippen molar-refractivity contribution >= 4 is 22.3 Å². The fourth-order valence-corrected chi connectivity index (χ4v) is 9.22. The summed E-state index contributed by atoms with van der Waals surface area (Å²) in [6, 6.07) is 39.0. The maximum absolute atomic E-state index is 16.0. The summed E-state index contributed by atoms with van der Waals surface area (Å²) in [6.45, 7) is 16.2. The van der Waals surface area contributed by atoms with E-state index in [0.717, 1.165) is 69.3 Å². The summed E-state index contributed by atoms with van der Waals surface area (Å²) < 4.78 is 76.8. The number of benzene rings is 4. The summed E-state index contributed by atoms with van der Waals surface area (Å²) in [7, 11) is 0. The normalized spacial score (nSPS) is 12.8. The highest BCUT2D eigenvalue weighted by molar-refractivity contribution is 5.85. The second-order valence-corrected chi connectivity index (χ2v) is 16.7. The highest BCUT2D eigenvalue weighted by Gasteiger charge is 2.31. The molecule has 0 saturated carbocycles. The van der Waals surface area contributed by atoms with Gasteiger partial charge in [0.2, 0.25) is 5.82 Å². The number of aromatic amines is 4. The van der Waals surface area contributed by atoms with Crippen LogP contribution in [0.5, 0.6) is 0 Å². The summed E-state index contributed by atoms with van der Waals surface area (Å²) in [5.74, 6) is -10.2. The lowest BCUT2D eigenvalue weighted by atomic mass is 9.72. The number of aromatic nitrogens is 4. The second kappa shape index (κ2) is 17.1. The molecule has 0 unspecified atom stereocenters. The molecule has 8 aromatic rings. The van der Waals surface area contributed by atoms with E-state index in [9.17, 15) is 4.39 Å². The Balaban J connectivity index is 1.40. The molecule has 4 N–H and O–H groups in total. The molecular weight excluding hydrogens is 824 g/mol. The number of hydrogen-bond donors (Lipinski definition) is 4. The van der Waals surface area contributed by atoms with Gasteiger partial charge >= 0.3 is 0 Å². The van der Waals surface area contributed by atoms with E-state index in [-0.39, 0.29) is 22.0 Å². The van der Waals surface area contributed by atoms with Crippen LogP contribution in [0.15, 0.2) is 159 Å². The molecular formula is C56H45F5N4. The monoisotopic (exact) mass is 868 g/mol. The number of aryl methyl sites for hydroxylation is 2. The van der Waals surface area contributed by atoms with E-state index in [2.05, 4.69) is 63.9 Å². The van der Waals surface area contributed by atoms with Gasteiger partial charge in [-0.2, -0.15) is 0 Å². The maximum atomic E-state index is 16.0. The quantitative estimate of drug-likeness (QED) is 0.0433. The fourth-order valence-electron chi connectivity index (χ4n) is 9.22. The summed E-state index contributed by atoms with van der Waals surface area (Å²) in [5, 5.41) is 2.15. The van der Waals surface area contributed by atoms with Gasteiger partial charge in [0.05, 0.1) is 5.56 Å². The molecule has 0 spiro atoms. The zero-order valence-corrected chi connectivity index (χ0v) is 35.9. The molecule has 4 aromatic heterocycles. The molecule has 9 rings (SSSR count). The third-order valence-electron chi connectivity index (χ3n) is 12.4. The predicted molar refractivity (Wildman–Crippen MR) is 249 cm³/mol. The number of allylic oxidation sites excluding steroid dienone is 3. The van der Waals surface area contributed by atoms with Gasteiger partial charge in [-0.1, -0.05) is 102 Å². The molecule has 1 aliphatic rings. The third-order valence-corrected chi connectivity index (χ3v) is 12.4. The first-order valence-corrected chi connectivity index (χ1v) is 21.3. The van der Waals surface area contributed by atoms with E-state index in [0.29, 0.717) is 33.2 Å². The van der Waals surface area contributed by atoms with Crippen LogP contribution in [0, 0.1) is 42.9 Å². The van der Waals surface area contributed by atoms with E-state index in [4.69, 9.17) is 0 Å². The number of nitrogens with one attached hydrogen (secondary N) is 4.